The predicted octanol–water partition coefficient (Wildman–Crippen LogP) is 2.04. The minimum atomic E-state index is -0.136. The molecule has 3 aliphatic rings. The number of nitrogens with zero attached hydrogens (tertiary/aromatic N) is 4. The van der Waals surface area contributed by atoms with E-state index in [0.29, 0.717) is 19.0 Å². The van der Waals surface area contributed by atoms with Crippen molar-refractivity contribution in [3.05, 3.63) is 35.9 Å². The number of amides is 1. The number of cyclic esters (lactones) is 1. The van der Waals surface area contributed by atoms with Crippen LogP contribution in [0.3, 0.4) is 0 Å². The summed E-state index contributed by atoms with van der Waals surface area (Å²) in [6, 6.07) is 10.9. The van der Waals surface area contributed by atoms with Crippen molar-refractivity contribution in [2.24, 2.45) is 0 Å². The fraction of sp³-hybridized carbons (Fsp3) is 0.680. The SMILES string of the molecule is COC(=O)CCCN1CCN(CC2CN(C3CCN(Cc4ccccc4)CC3)C(=O)O2)CC1. The molecule has 3 saturated heterocycles. The number of benzene rings is 1. The Morgan fingerprint density at radius 3 is 2.39 bits per heavy atom. The number of carbonyl (C=O) groups is 2. The van der Waals surface area contributed by atoms with Crippen molar-refractivity contribution in [1.82, 2.24) is 19.6 Å². The Bertz CT molecular complexity index is 761. The first-order valence-corrected chi connectivity index (χ1v) is 12.4. The van der Waals surface area contributed by atoms with Crippen LogP contribution in [-0.2, 0) is 20.8 Å². The number of hydrogen-bond donors (Lipinski definition) is 0. The van der Waals surface area contributed by atoms with Crippen LogP contribution in [0.5, 0.6) is 0 Å². The number of piperidine rings is 1. The van der Waals surface area contributed by atoms with Crippen LogP contribution in [0.1, 0.15) is 31.2 Å². The van der Waals surface area contributed by atoms with E-state index < -0.39 is 0 Å². The smallest absolute Gasteiger partial charge is 0.410 e. The van der Waals surface area contributed by atoms with Gasteiger partial charge in [-0.2, -0.15) is 0 Å². The van der Waals surface area contributed by atoms with Crippen molar-refractivity contribution in [2.75, 3.05) is 66.0 Å². The first kappa shape index (κ1) is 24.0. The molecule has 1 aromatic carbocycles. The number of carbonyl (C=O) groups excluding carboxylic acids is 2. The molecule has 3 aliphatic heterocycles. The largest absolute Gasteiger partial charge is 0.469 e. The minimum Gasteiger partial charge on any atom is -0.469 e. The topological polar surface area (TPSA) is 65.6 Å². The van der Waals surface area contributed by atoms with Gasteiger partial charge in [0.1, 0.15) is 6.10 Å². The van der Waals surface area contributed by atoms with Gasteiger partial charge in [0, 0.05) is 64.8 Å². The maximum atomic E-state index is 12.6. The number of piperazine rings is 1. The lowest BCUT2D eigenvalue weighted by molar-refractivity contribution is -0.140. The second-order valence-electron chi connectivity index (χ2n) is 9.47. The third-order valence-electron chi connectivity index (χ3n) is 7.16. The molecular formula is C25H38N4O4. The summed E-state index contributed by atoms with van der Waals surface area (Å²) >= 11 is 0. The summed E-state index contributed by atoms with van der Waals surface area (Å²) in [4.78, 5) is 33.1. The first-order valence-electron chi connectivity index (χ1n) is 12.4. The Balaban J connectivity index is 1.14. The summed E-state index contributed by atoms with van der Waals surface area (Å²) in [6.45, 7) is 9.41. The zero-order valence-corrected chi connectivity index (χ0v) is 19.9. The van der Waals surface area contributed by atoms with Gasteiger partial charge >= 0.3 is 12.1 Å². The van der Waals surface area contributed by atoms with E-state index in [-0.39, 0.29) is 18.2 Å². The summed E-state index contributed by atoms with van der Waals surface area (Å²) in [6.07, 6.45) is 3.17. The maximum absolute atomic E-state index is 12.6. The van der Waals surface area contributed by atoms with Crippen LogP contribution >= 0.6 is 0 Å². The second-order valence-corrected chi connectivity index (χ2v) is 9.47. The van der Waals surface area contributed by atoms with Crippen molar-refractivity contribution < 1.29 is 19.1 Å². The molecule has 0 bridgehead atoms. The van der Waals surface area contributed by atoms with Crippen molar-refractivity contribution >= 4 is 12.1 Å². The molecule has 1 atom stereocenters. The van der Waals surface area contributed by atoms with Gasteiger partial charge in [-0.05, 0) is 31.4 Å². The van der Waals surface area contributed by atoms with Gasteiger partial charge < -0.3 is 19.3 Å². The lowest BCUT2D eigenvalue weighted by Crippen LogP contribution is -2.49. The molecule has 0 spiro atoms. The van der Waals surface area contributed by atoms with Crippen molar-refractivity contribution in [2.45, 2.75) is 44.4 Å². The Morgan fingerprint density at radius 1 is 1.00 bits per heavy atom. The molecule has 0 saturated carbocycles. The van der Waals surface area contributed by atoms with E-state index in [9.17, 15) is 9.59 Å². The Kier molecular flexibility index (Phi) is 8.58. The third-order valence-corrected chi connectivity index (χ3v) is 7.16. The fourth-order valence-corrected chi connectivity index (χ4v) is 5.20. The van der Waals surface area contributed by atoms with Crippen LogP contribution in [0, 0.1) is 0 Å². The molecule has 4 rings (SSSR count). The molecule has 0 aromatic heterocycles. The van der Waals surface area contributed by atoms with E-state index in [1.165, 1.54) is 12.7 Å². The molecule has 8 nitrogen and oxygen atoms in total. The zero-order chi connectivity index (χ0) is 23.0. The Morgan fingerprint density at radius 2 is 1.70 bits per heavy atom. The number of methoxy groups -OCH3 is 1. The average Bonchev–Trinajstić information content (AvgIpc) is 3.21. The number of esters is 1. The van der Waals surface area contributed by atoms with Gasteiger partial charge in [0.25, 0.3) is 0 Å². The minimum absolute atomic E-state index is 0.0364. The highest BCUT2D eigenvalue weighted by Crippen LogP contribution is 2.24. The number of likely N-dealkylation sites (tertiary alicyclic amines) is 1. The van der Waals surface area contributed by atoms with Crippen LogP contribution in [-0.4, -0.2) is 110 Å². The number of ether oxygens (including phenoxy) is 2. The third kappa shape index (κ3) is 6.91. The van der Waals surface area contributed by atoms with Crippen molar-refractivity contribution in [3.8, 4) is 0 Å². The van der Waals surface area contributed by atoms with Gasteiger partial charge in [0.05, 0.1) is 13.7 Å². The highest BCUT2D eigenvalue weighted by molar-refractivity contribution is 5.70. The normalized spacial score (nSPS) is 23.6. The maximum Gasteiger partial charge on any atom is 0.410 e. The fourth-order valence-electron chi connectivity index (χ4n) is 5.20. The van der Waals surface area contributed by atoms with Crippen LogP contribution in [0.25, 0.3) is 0 Å². The second kappa shape index (κ2) is 11.8. The van der Waals surface area contributed by atoms with Gasteiger partial charge in [-0.1, -0.05) is 30.3 Å². The molecule has 0 radical (unpaired) electrons. The van der Waals surface area contributed by atoms with Crippen molar-refractivity contribution in [1.29, 1.82) is 0 Å². The van der Waals surface area contributed by atoms with Gasteiger partial charge in [0.15, 0.2) is 0 Å². The highest BCUT2D eigenvalue weighted by atomic mass is 16.6. The van der Waals surface area contributed by atoms with E-state index in [1.807, 2.05) is 4.90 Å². The van der Waals surface area contributed by atoms with E-state index in [1.54, 1.807) is 0 Å². The molecule has 3 heterocycles. The molecule has 182 valence electrons. The molecule has 33 heavy (non-hydrogen) atoms. The van der Waals surface area contributed by atoms with E-state index >= 15 is 0 Å². The monoisotopic (exact) mass is 458 g/mol. The van der Waals surface area contributed by atoms with Gasteiger partial charge in [0.2, 0.25) is 0 Å². The van der Waals surface area contributed by atoms with Gasteiger partial charge in [-0.25, -0.2) is 4.79 Å². The van der Waals surface area contributed by atoms with Gasteiger partial charge in [-0.15, -0.1) is 0 Å². The zero-order valence-electron chi connectivity index (χ0n) is 19.9. The van der Waals surface area contributed by atoms with E-state index in [2.05, 4.69) is 45.0 Å². The van der Waals surface area contributed by atoms with Crippen molar-refractivity contribution in [3.63, 3.8) is 0 Å². The Hall–Kier alpha value is -2.16. The molecule has 8 heteroatoms. The standard InChI is InChI=1S/C25H38N4O4/c1-32-24(30)8-5-11-26-14-16-28(17-15-26)19-23-20-29(25(31)33-23)22-9-12-27(13-10-22)18-21-6-3-2-4-7-21/h2-4,6-7,22-23H,5,8-20H2,1H3. The number of hydrogen-bond acceptors (Lipinski definition) is 7. The predicted molar refractivity (Wildman–Crippen MR) is 126 cm³/mol. The molecule has 1 unspecified atom stereocenters. The van der Waals surface area contributed by atoms with Gasteiger partial charge in [-0.3, -0.25) is 14.6 Å². The van der Waals surface area contributed by atoms with Crippen LogP contribution in [0.4, 0.5) is 4.79 Å². The summed E-state index contributed by atoms with van der Waals surface area (Å²) in [5.74, 6) is -0.136. The molecular weight excluding hydrogens is 420 g/mol. The summed E-state index contributed by atoms with van der Waals surface area (Å²) in [5, 5.41) is 0. The molecule has 3 fully saturated rings. The first-order chi connectivity index (χ1) is 16.1. The van der Waals surface area contributed by atoms with E-state index in [0.717, 1.165) is 78.2 Å². The number of rotatable bonds is 9. The highest BCUT2D eigenvalue weighted by Gasteiger charge is 2.38. The average molecular weight is 459 g/mol. The molecule has 1 amide bonds. The van der Waals surface area contributed by atoms with Crippen LogP contribution in [0.2, 0.25) is 0 Å². The molecule has 0 aliphatic carbocycles. The lowest BCUT2D eigenvalue weighted by atomic mass is 10.0. The summed E-state index contributed by atoms with van der Waals surface area (Å²) in [5.41, 5.74) is 1.35. The quantitative estimate of drug-likeness (QED) is 0.525. The Labute approximate surface area is 197 Å². The van der Waals surface area contributed by atoms with E-state index in [4.69, 9.17) is 9.47 Å². The summed E-state index contributed by atoms with van der Waals surface area (Å²) < 4.78 is 10.5. The molecule has 0 N–H and O–H groups in total. The van der Waals surface area contributed by atoms with Crippen LogP contribution in [0.15, 0.2) is 30.3 Å². The molecule has 1 aromatic rings. The summed E-state index contributed by atoms with van der Waals surface area (Å²) in [7, 11) is 1.44. The lowest BCUT2D eigenvalue weighted by Gasteiger charge is -2.36. The van der Waals surface area contributed by atoms with Crippen LogP contribution < -0.4 is 0 Å².